The second-order valence-electron chi connectivity index (χ2n) is 6.91. The van der Waals surface area contributed by atoms with Crippen molar-refractivity contribution in [2.45, 2.75) is 52.2 Å². The summed E-state index contributed by atoms with van der Waals surface area (Å²) < 4.78 is 5.57. The molecule has 0 spiro atoms. The molecule has 0 saturated carbocycles. The molecule has 1 atom stereocenters. The first-order valence-corrected chi connectivity index (χ1v) is 8.00. The summed E-state index contributed by atoms with van der Waals surface area (Å²) >= 11 is 0. The van der Waals surface area contributed by atoms with Gasteiger partial charge >= 0.3 is 6.09 Å². The van der Waals surface area contributed by atoms with Gasteiger partial charge in [-0.15, -0.1) is 0 Å². The number of fused-ring (bicyclic) bond motifs is 3. The van der Waals surface area contributed by atoms with Crippen LogP contribution in [-0.2, 0) is 11.2 Å². The number of rotatable bonds is 1. The van der Waals surface area contributed by atoms with Gasteiger partial charge in [-0.1, -0.05) is 25.1 Å². The normalized spacial score (nSPS) is 18.4. The average molecular weight is 300 g/mol. The van der Waals surface area contributed by atoms with Gasteiger partial charge in [0.2, 0.25) is 0 Å². The Labute approximate surface area is 131 Å². The Hall–Kier alpha value is -1.97. The van der Waals surface area contributed by atoms with E-state index in [1.165, 1.54) is 16.6 Å². The topological polar surface area (TPSA) is 45.3 Å². The molecule has 0 saturated heterocycles. The van der Waals surface area contributed by atoms with Gasteiger partial charge in [0.25, 0.3) is 0 Å². The van der Waals surface area contributed by atoms with Gasteiger partial charge in [0.15, 0.2) is 0 Å². The van der Waals surface area contributed by atoms with Crippen LogP contribution < -0.4 is 0 Å². The molecule has 1 aromatic carbocycles. The van der Waals surface area contributed by atoms with Crippen molar-refractivity contribution < 1.29 is 9.53 Å². The third-order valence-corrected chi connectivity index (χ3v) is 4.17. The fraction of sp³-hybridized carbons (Fsp3) is 0.500. The quantitative estimate of drug-likeness (QED) is 0.847. The first kappa shape index (κ1) is 14.9. The number of hydrogen-bond acceptors (Lipinski definition) is 2. The molecule has 2 heterocycles. The highest BCUT2D eigenvalue weighted by atomic mass is 16.6. The van der Waals surface area contributed by atoms with Gasteiger partial charge in [-0.3, -0.25) is 4.90 Å². The van der Waals surface area contributed by atoms with E-state index in [0.29, 0.717) is 6.54 Å². The van der Waals surface area contributed by atoms with Crippen molar-refractivity contribution in [2.75, 3.05) is 6.54 Å². The van der Waals surface area contributed by atoms with Crippen molar-refractivity contribution in [1.29, 1.82) is 0 Å². The van der Waals surface area contributed by atoms with E-state index >= 15 is 0 Å². The Kier molecular flexibility index (Phi) is 3.63. The lowest BCUT2D eigenvalue weighted by atomic mass is 9.96. The van der Waals surface area contributed by atoms with Crippen molar-refractivity contribution >= 4 is 17.0 Å². The smallest absolute Gasteiger partial charge is 0.410 e. The molecule has 1 aliphatic heterocycles. The largest absolute Gasteiger partial charge is 0.444 e. The number of aromatic amines is 1. The van der Waals surface area contributed by atoms with Crippen LogP contribution in [0.4, 0.5) is 4.79 Å². The number of H-pyrrole nitrogens is 1. The summed E-state index contributed by atoms with van der Waals surface area (Å²) in [6.45, 7) is 8.55. The van der Waals surface area contributed by atoms with Gasteiger partial charge in [0.05, 0.1) is 6.04 Å². The SMILES string of the molecule is CCC1c2[nH]c3ccccc3c2CCN1C(=O)OC(C)(C)C. The van der Waals surface area contributed by atoms with E-state index in [2.05, 4.69) is 30.1 Å². The lowest BCUT2D eigenvalue weighted by molar-refractivity contribution is 0.0133. The third-order valence-electron chi connectivity index (χ3n) is 4.17. The van der Waals surface area contributed by atoms with Crippen LogP contribution in [-0.4, -0.2) is 28.1 Å². The highest BCUT2D eigenvalue weighted by Crippen LogP contribution is 2.36. The Morgan fingerprint density at radius 3 is 2.77 bits per heavy atom. The van der Waals surface area contributed by atoms with Crippen LogP contribution in [0.1, 0.15) is 51.4 Å². The van der Waals surface area contributed by atoms with Gasteiger partial charge in [-0.05, 0) is 45.2 Å². The summed E-state index contributed by atoms with van der Waals surface area (Å²) in [7, 11) is 0. The summed E-state index contributed by atoms with van der Waals surface area (Å²) in [5.41, 5.74) is 3.20. The number of amides is 1. The standard InChI is InChI=1S/C18H24N2O2/c1-5-15-16-13(12-8-6-7-9-14(12)19-16)10-11-20(15)17(21)22-18(2,3)4/h6-9,15,19H,5,10-11H2,1-4H3. The zero-order valence-electron chi connectivity index (χ0n) is 13.8. The number of aromatic nitrogens is 1. The molecular weight excluding hydrogens is 276 g/mol. The Morgan fingerprint density at radius 1 is 1.36 bits per heavy atom. The molecule has 118 valence electrons. The van der Waals surface area contributed by atoms with E-state index in [-0.39, 0.29) is 12.1 Å². The van der Waals surface area contributed by atoms with Crippen molar-refractivity contribution in [3.05, 3.63) is 35.5 Å². The second-order valence-corrected chi connectivity index (χ2v) is 6.91. The van der Waals surface area contributed by atoms with Crippen molar-refractivity contribution in [1.82, 2.24) is 9.88 Å². The molecule has 4 nitrogen and oxygen atoms in total. The predicted octanol–water partition coefficient (Wildman–Crippen LogP) is 4.41. The van der Waals surface area contributed by atoms with E-state index in [1.54, 1.807) is 0 Å². The zero-order chi connectivity index (χ0) is 15.9. The van der Waals surface area contributed by atoms with Crippen LogP contribution in [0.2, 0.25) is 0 Å². The van der Waals surface area contributed by atoms with Crippen LogP contribution in [0.5, 0.6) is 0 Å². The number of benzene rings is 1. The molecule has 4 heteroatoms. The molecule has 1 N–H and O–H groups in total. The molecule has 1 amide bonds. The molecule has 1 aliphatic rings. The molecule has 1 aromatic heterocycles. The maximum Gasteiger partial charge on any atom is 0.410 e. The summed E-state index contributed by atoms with van der Waals surface area (Å²) in [6.07, 6.45) is 1.53. The fourth-order valence-corrected chi connectivity index (χ4v) is 3.28. The maximum atomic E-state index is 12.5. The molecule has 3 rings (SSSR count). The molecule has 22 heavy (non-hydrogen) atoms. The molecule has 0 fully saturated rings. The maximum absolute atomic E-state index is 12.5. The van der Waals surface area contributed by atoms with Crippen LogP contribution >= 0.6 is 0 Å². The number of carbonyl (C=O) groups excluding carboxylic acids is 1. The minimum absolute atomic E-state index is 0.0611. The van der Waals surface area contributed by atoms with Crippen molar-refractivity contribution in [2.24, 2.45) is 0 Å². The van der Waals surface area contributed by atoms with Crippen molar-refractivity contribution in [3.63, 3.8) is 0 Å². The summed E-state index contributed by atoms with van der Waals surface area (Å²) in [6, 6.07) is 8.42. The molecule has 0 aliphatic carbocycles. The summed E-state index contributed by atoms with van der Waals surface area (Å²) in [5.74, 6) is 0. The van der Waals surface area contributed by atoms with Gasteiger partial charge in [0, 0.05) is 23.1 Å². The van der Waals surface area contributed by atoms with Gasteiger partial charge < -0.3 is 9.72 Å². The van der Waals surface area contributed by atoms with E-state index in [1.807, 2.05) is 31.7 Å². The second kappa shape index (κ2) is 5.34. The van der Waals surface area contributed by atoms with Crippen LogP contribution in [0.15, 0.2) is 24.3 Å². The number of hydrogen-bond donors (Lipinski definition) is 1. The lowest BCUT2D eigenvalue weighted by Crippen LogP contribution is -2.42. The third kappa shape index (κ3) is 2.58. The fourth-order valence-electron chi connectivity index (χ4n) is 3.28. The Bertz CT molecular complexity index is 697. The number of para-hydroxylation sites is 1. The number of ether oxygens (including phenoxy) is 1. The highest BCUT2D eigenvalue weighted by Gasteiger charge is 2.34. The molecular formula is C18H24N2O2. The number of nitrogens with one attached hydrogen (secondary N) is 1. The van der Waals surface area contributed by atoms with E-state index in [0.717, 1.165) is 18.4 Å². The van der Waals surface area contributed by atoms with Gasteiger partial charge in [-0.25, -0.2) is 4.79 Å². The number of carbonyl (C=O) groups is 1. The Balaban J connectivity index is 1.96. The minimum Gasteiger partial charge on any atom is -0.444 e. The monoisotopic (exact) mass is 300 g/mol. The summed E-state index contributed by atoms with van der Waals surface area (Å²) in [4.78, 5) is 17.9. The van der Waals surface area contributed by atoms with E-state index in [9.17, 15) is 4.79 Å². The highest BCUT2D eigenvalue weighted by molar-refractivity contribution is 5.85. The average Bonchev–Trinajstić information content (AvgIpc) is 2.83. The first-order chi connectivity index (χ1) is 10.4. The molecule has 0 bridgehead atoms. The predicted molar refractivity (Wildman–Crippen MR) is 88.0 cm³/mol. The zero-order valence-corrected chi connectivity index (χ0v) is 13.8. The molecule has 2 aromatic rings. The van der Waals surface area contributed by atoms with Crippen LogP contribution in [0.3, 0.4) is 0 Å². The molecule has 0 radical (unpaired) electrons. The van der Waals surface area contributed by atoms with Crippen LogP contribution in [0.25, 0.3) is 10.9 Å². The van der Waals surface area contributed by atoms with Gasteiger partial charge in [-0.2, -0.15) is 0 Å². The summed E-state index contributed by atoms with van der Waals surface area (Å²) in [5, 5.41) is 1.28. The Morgan fingerprint density at radius 2 is 2.09 bits per heavy atom. The van der Waals surface area contributed by atoms with Gasteiger partial charge in [0.1, 0.15) is 5.60 Å². The van der Waals surface area contributed by atoms with Crippen LogP contribution in [0, 0.1) is 0 Å². The first-order valence-electron chi connectivity index (χ1n) is 8.00. The van der Waals surface area contributed by atoms with Crippen molar-refractivity contribution in [3.8, 4) is 0 Å². The number of nitrogens with zero attached hydrogens (tertiary/aromatic N) is 1. The lowest BCUT2D eigenvalue weighted by Gasteiger charge is -2.36. The molecule has 1 unspecified atom stereocenters. The minimum atomic E-state index is -0.462. The van der Waals surface area contributed by atoms with E-state index < -0.39 is 5.60 Å². The van der Waals surface area contributed by atoms with E-state index in [4.69, 9.17) is 4.74 Å².